The second-order valence-corrected chi connectivity index (χ2v) is 6.20. The van der Waals surface area contributed by atoms with Crippen molar-refractivity contribution in [2.75, 3.05) is 19.7 Å². The van der Waals surface area contributed by atoms with Gasteiger partial charge in [0.25, 0.3) is 5.91 Å². The first-order valence-corrected chi connectivity index (χ1v) is 8.39. The number of hydrogen-bond acceptors (Lipinski definition) is 5. The highest BCUT2D eigenvalue weighted by molar-refractivity contribution is 5.77. The lowest BCUT2D eigenvalue weighted by Gasteiger charge is -2.31. The predicted octanol–water partition coefficient (Wildman–Crippen LogP) is 1.19. The quantitative estimate of drug-likeness (QED) is 0.848. The van der Waals surface area contributed by atoms with Crippen molar-refractivity contribution in [1.82, 2.24) is 19.9 Å². The van der Waals surface area contributed by atoms with E-state index in [2.05, 4.69) is 10.3 Å². The van der Waals surface area contributed by atoms with Crippen LogP contribution in [0.25, 0.3) is 0 Å². The molecule has 1 aromatic heterocycles. The summed E-state index contributed by atoms with van der Waals surface area (Å²) in [5, 5.41) is 8.05. The molecule has 0 unspecified atom stereocenters. The first-order chi connectivity index (χ1) is 12.1. The van der Waals surface area contributed by atoms with Crippen molar-refractivity contribution >= 4 is 5.91 Å². The third-order valence-corrected chi connectivity index (χ3v) is 4.38. The smallest absolute Gasteiger partial charge is 0.260 e. The summed E-state index contributed by atoms with van der Waals surface area (Å²) < 4.78 is 20.1. The van der Waals surface area contributed by atoms with Gasteiger partial charge in [0.2, 0.25) is 0 Å². The number of carbonyl (C=O) groups is 1. The van der Waals surface area contributed by atoms with Gasteiger partial charge in [-0.25, -0.2) is 4.39 Å². The van der Waals surface area contributed by atoms with E-state index in [4.69, 9.17) is 10.5 Å². The number of rotatable bonds is 6. The van der Waals surface area contributed by atoms with E-state index in [1.54, 1.807) is 0 Å². The summed E-state index contributed by atoms with van der Waals surface area (Å²) in [6.07, 6.45) is 3.70. The SMILES string of the molecule is NCc1cn(CC2CCN(C(=O)COc3ccc(F)cc3)CC2)nn1. The van der Waals surface area contributed by atoms with E-state index in [9.17, 15) is 9.18 Å². The molecule has 3 rings (SSSR count). The summed E-state index contributed by atoms with van der Waals surface area (Å²) in [4.78, 5) is 14.0. The Morgan fingerprint density at radius 2 is 2.00 bits per heavy atom. The van der Waals surface area contributed by atoms with E-state index in [-0.39, 0.29) is 18.3 Å². The van der Waals surface area contributed by atoms with Crippen LogP contribution in [-0.2, 0) is 17.9 Å². The average Bonchev–Trinajstić information content (AvgIpc) is 3.09. The molecule has 2 heterocycles. The molecule has 1 saturated heterocycles. The molecule has 1 aliphatic rings. The molecule has 1 fully saturated rings. The summed E-state index contributed by atoms with van der Waals surface area (Å²) in [7, 11) is 0. The third kappa shape index (κ3) is 4.76. The summed E-state index contributed by atoms with van der Waals surface area (Å²) in [5.74, 6) is 0.585. The van der Waals surface area contributed by atoms with Gasteiger partial charge in [-0.15, -0.1) is 5.10 Å². The van der Waals surface area contributed by atoms with Gasteiger partial charge in [-0.05, 0) is 43.0 Å². The third-order valence-electron chi connectivity index (χ3n) is 4.38. The molecule has 8 heteroatoms. The number of benzene rings is 1. The predicted molar refractivity (Wildman–Crippen MR) is 89.1 cm³/mol. The molecule has 2 aromatic rings. The van der Waals surface area contributed by atoms with Gasteiger partial charge in [-0.3, -0.25) is 9.48 Å². The number of carbonyl (C=O) groups excluding carboxylic acids is 1. The number of nitrogens with two attached hydrogens (primary N) is 1. The van der Waals surface area contributed by atoms with Crippen LogP contribution in [0.15, 0.2) is 30.5 Å². The van der Waals surface area contributed by atoms with Crippen molar-refractivity contribution in [3.8, 4) is 5.75 Å². The number of hydrogen-bond donors (Lipinski definition) is 1. The van der Waals surface area contributed by atoms with E-state index < -0.39 is 0 Å². The molecule has 2 N–H and O–H groups in total. The Bertz CT molecular complexity index is 695. The second kappa shape index (κ2) is 8.06. The van der Waals surface area contributed by atoms with Gasteiger partial charge in [-0.2, -0.15) is 0 Å². The zero-order valence-corrected chi connectivity index (χ0v) is 14.0. The molecule has 0 spiro atoms. The van der Waals surface area contributed by atoms with E-state index >= 15 is 0 Å². The Labute approximate surface area is 145 Å². The Balaban J connectivity index is 1.41. The first kappa shape index (κ1) is 17.3. The number of ether oxygens (including phenoxy) is 1. The highest BCUT2D eigenvalue weighted by Gasteiger charge is 2.23. The maximum Gasteiger partial charge on any atom is 0.260 e. The lowest BCUT2D eigenvalue weighted by molar-refractivity contribution is -0.134. The topological polar surface area (TPSA) is 86.3 Å². The van der Waals surface area contributed by atoms with E-state index in [0.29, 0.717) is 31.3 Å². The molecular weight excluding hydrogens is 325 g/mol. The summed E-state index contributed by atoms with van der Waals surface area (Å²) >= 11 is 0. The summed E-state index contributed by atoms with van der Waals surface area (Å²) in [5.41, 5.74) is 6.32. The van der Waals surface area contributed by atoms with Crippen LogP contribution < -0.4 is 10.5 Å². The maximum atomic E-state index is 12.8. The van der Waals surface area contributed by atoms with Gasteiger partial charge in [0.1, 0.15) is 11.6 Å². The zero-order valence-electron chi connectivity index (χ0n) is 14.0. The molecule has 1 aliphatic heterocycles. The molecule has 0 radical (unpaired) electrons. The van der Waals surface area contributed by atoms with E-state index in [1.807, 2.05) is 15.8 Å². The number of amides is 1. The van der Waals surface area contributed by atoms with Crippen LogP contribution >= 0.6 is 0 Å². The van der Waals surface area contributed by atoms with Gasteiger partial charge in [0, 0.05) is 32.4 Å². The molecule has 0 saturated carbocycles. The highest BCUT2D eigenvalue weighted by Crippen LogP contribution is 2.19. The van der Waals surface area contributed by atoms with Crippen LogP contribution in [0.5, 0.6) is 5.75 Å². The minimum absolute atomic E-state index is 0.0285. The largest absolute Gasteiger partial charge is 0.484 e. The molecule has 1 aromatic carbocycles. The van der Waals surface area contributed by atoms with Crippen molar-refractivity contribution in [3.63, 3.8) is 0 Å². The minimum atomic E-state index is -0.327. The minimum Gasteiger partial charge on any atom is -0.484 e. The second-order valence-electron chi connectivity index (χ2n) is 6.20. The van der Waals surface area contributed by atoms with E-state index in [0.717, 1.165) is 25.1 Å². The number of aromatic nitrogens is 3. The number of halogens is 1. The van der Waals surface area contributed by atoms with Crippen molar-refractivity contribution < 1.29 is 13.9 Å². The molecule has 1 amide bonds. The van der Waals surface area contributed by atoms with Crippen LogP contribution in [0.4, 0.5) is 4.39 Å². The Kier molecular flexibility index (Phi) is 5.60. The molecule has 134 valence electrons. The summed E-state index contributed by atoms with van der Waals surface area (Å²) in [6, 6.07) is 5.65. The van der Waals surface area contributed by atoms with Gasteiger partial charge >= 0.3 is 0 Å². The Morgan fingerprint density at radius 3 is 2.64 bits per heavy atom. The zero-order chi connectivity index (χ0) is 17.6. The van der Waals surface area contributed by atoms with Crippen LogP contribution in [0.1, 0.15) is 18.5 Å². The standard InChI is InChI=1S/C17H22FN5O2/c18-14-1-3-16(4-2-14)25-12-17(24)22-7-5-13(6-8-22)10-23-11-15(9-19)20-21-23/h1-4,11,13H,5-10,12,19H2. The number of likely N-dealkylation sites (tertiary alicyclic amines) is 1. The maximum absolute atomic E-state index is 12.8. The normalized spacial score (nSPS) is 15.4. The fraction of sp³-hybridized carbons (Fsp3) is 0.471. The van der Waals surface area contributed by atoms with Crippen LogP contribution in [-0.4, -0.2) is 45.5 Å². The van der Waals surface area contributed by atoms with Crippen LogP contribution in [0.3, 0.4) is 0 Å². The van der Waals surface area contributed by atoms with Crippen molar-refractivity contribution in [2.45, 2.75) is 25.9 Å². The fourth-order valence-electron chi connectivity index (χ4n) is 2.92. The molecular formula is C17H22FN5O2. The first-order valence-electron chi connectivity index (χ1n) is 8.39. The lowest BCUT2D eigenvalue weighted by atomic mass is 9.97. The Morgan fingerprint density at radius 1 is 1.28 bits per heavy atom. The number of piperidine rings is 1. The lowest BCUT2D eigenvalue weighted by Crippen LogP contribution is -2.41. The van der Waals surface area contributed by atoms with Gasteiger partial charge in [-0.1, -0.05) is 5.21 Å². The number of nitrogens with zero attached hydrogens (tertiary/aromatic N) is 4. The molecule has 0 atom stereocenters. The molecule has 25 heavy (non-hydrogen) atoms. The van der Waals surface area contributed by atoms with Gasteiger partial charge < -0.3 is 15.4 Å². The summed E-state index contributed by atoms with van der Waals surface area (Å²) in [6.45, 7) is 2.56. The average molecular weight is 347 g/mol. The van der Waals surface area contributed by atoms with Crippen LogP contribution in [0, 0.1) is 11.7 Å². The van der Waals surface area contributed by atoms with Gasteiger partial charge in [0.05, 0.1) is 5.69 Å². The van der Waals surface area contributed by atoms with Crippen LogP contribution in [0.2, 0.25) is 0 Å². The molecule has 0 bridgehead atoms. The van der Waals surface area contributed by atoms with Gasteiger partial charge in [0.15, 0.2) is 6.61 Å². The highest BCUT2D eigenvalue weighted by atomic mass is 19.1. The molecule has 7 nitrogen and oxygen atoms in total. The van der Waals surface area contributed by atoms with Crippen molar-refractivity contribution in [3.05, 3.63) is 42.0 Å². The Hall–Kier alpha value is -2.48. The fourth-order valence-corrected chi connectivity index (χ4v) is 2.92. The monoisotopic (exact) mass is 347 g/mol. The van der Waals surface area contributed by atoms with E-state index in [1.165, 1.54) is 24.3 Å². The van der Waals surface area contributed by atoms with Crippen molar-refractivity contribution in [1.29, 1.82) is 0 Å². The van der Waals surface area contributed by atoms with Crippen molar-refractivity contribution in [2.24, 2.45) is 11.7 Å². The molecule has 0 aliphatic carbocycles.